The molecule has 5 heteroatoms. The van der Waals surface area contributed by atoms with Gasteiger partial charge in [-0.3, -0.25) is 4.79 Å². The van der Waals surface area contributed by atoms with Crippen molar-refractivity contribution >= 4 is 11.9 Å². The first-order valence-corrected chi connectivity index (χ1v) is 8.72. The van der Waals surface area contributed by atoms with Gasteiger partial charge < -0.3 is 14.8 Å². The van der Waals surface area contributed by atoms with Gasteiger partial charge in [-0.25, -0.2) is 4.79 Å². The van der Waals surface area contributed by atoms with Gasteiger partial charge in [0, 0.05) is 12.5 Å². The van der Waals surface area contributed by atoms with Crippen LogP contribution in [-0.4, -0.2) is 31.6 Å². The minimum absolute atomic E-state index is 0.224. The SMILES string of the molecule is CC[C@@H](CNC(=O)[C@@H](C)OC(=O)c1cccc(OC)c1)c1ccccc1. The molecule has 2 rings (SSSR count). The molecule has 1 N–H and O–H groups in total. The summed E-state index contributed by atoms with van der Waals surface area (Å²) in [5.74, 6) is -0.0797. The van der Waals surface area contributed by atoms with Gasteiger partial charge in [0.05, 0.1) is 12.7 Å². The topological polar surface area (TPSA) is 64.6 Å². The molecule has 0 aliphatic heterocycles. The summed E-state index contributed by atoms with van der Waals surface area (Å²) in [6.45, 7) is 4.15. The monoisotopic (exact) mass is 355 g/mol. The van der Waals surface area contributed by atoms with Crippen LogP contribution >= 0.6 is 0 Å². The number of hydrogen-bond acceptors (Lipinski definition) is 4. The number of nitrogens with one attached hydrogen (secondary N) is 1. The van der Waals surface area contributed by atoms with Gasteiger partial charge in [0.2, 0.25) is 0 Å². The van der Waals surface area contributed by atoms with Crippen LogP contribution in [-0.2, 0) is 9.53 Å². The molecule has 0 aliphatic carbocycles. The highest BCUT2D eigenvalue weighted by Gasteiger charge is 2.20. The first-order valence-electron chi connectivity index (χ1n) is 8.72. The summed E-state index contributed by atoms with van der Waals surface area (Å²) in [6, 6.07) is 16.7. The van der Waals surface area contributed by atoms with Crippen molar-refractivity contribution in [1.82, 2.24) is 5.32 Å². The molecule has 0 bridgehead atoms. The lowest BCUT2D eigenvalue weighted by Crippen LogP contribution is -2.38. The van der Waals surface area contributed by atoms with Crippen LogP contribution in [0.1, 0.15) is 42.1 Å². The number of amides is 1. The van der Waals surface area contributed by atoms with E-state index in [0.717, 1.165) is 6.42 Å². The maximum absolute atomic E-state index is 12.3. The molecule has 0 unspecified atom stereocenters. The Balaban J connectivity index is 1.89. The summed E-state index contributed by atoms with van der Waals surface area (Å²) >= 11 is 0. The summed E-state index contributed by atoms with van der Waals surface area (Å²) in [6.07, 6.45) is 0.0319. The van der Waals surface area contributed by atoms with E-state index in [1.165, 1.54) is 12.7 Å². The number of esters is 1. The lowest BCUT2D eigenvalue weighted by Gasteiger charge is -2.18. The van der Waals surface area contributed by atoms with Crippen molar-refractivity contribution in [2.24, 2.45) is 0 Å². The molecule has 0 radical (unpaired) electrons. The quantitative estimate of drug-likeness (QED) is 0.736. The van der Waals surface area contributed by atoms with E-state index in [1.54, 1.807) is 31.2 Å². The van der Waals surface area contributed by atoms with E-state index < -0.39 is 12.1 Å². The normalized spacial score (nSPS) is 12.7. The molecule has 1 amide bonds. The van der Waals surface area contributed by atoms with Crippen LogP contribution in [0.2, 0.25) is 0 Å². The Kier molecular flexibility index (Phi) is 7.21. The van der Waals surface area contributed by atoms with Crippen molar-refractivity contribution in [1.29, 1.82) is 0 Å². The van der Waals surface area contributed by atoms with Gasteiger partial charge in [-0.15, -0.1) is 0 Å². The molecule has 0 aromatic heterocycles. The van der Waals surface area contributed by atoms with Crippen molar-refractivity contribution in [3.8, 4) is 5.75 Å². The lowest BCUT2D eigenvalue weighted by atomic mass is 9.96. The summed E-state index contributed by atoms with van der Waals surface area (Å²) in [4.78, 5) is 24.5. The number of carbonyl (C=O) groups is 2. The third-order valence-electron chi connectivity index (χ3n) is 4.24. The molecule has 2 atom stereocenters. The van der Waals surface area contributed by atoms with Crippen LogP contribution in [0.15, 0.2) is 54.6 Å². The molecule has 138 valence electrons. The fourth-order valence-corrected chi connectivity index (χ4v) is 2.62. The summed E-state index contributed by atoms with van der Waals surface area (Å²) < 4.78 is 10.4. The Morgan fingerprint density at radius 3 is 2.46 bits per heavy atom. The smallest absolute Gasteiger partial charge is 0.339 e. The predicted molar refractivity (Wildman–Crippen MR) is 100 cm³/mol. The van der Waals surface area contributed by atoms with Crippen molar-refractivity contribution in [2.45, 2.75) is 32.3 Å². The first kappa shape index (κ1) is 19.5. The van der Waals surface area contributed by atoms with Crippen LogP contribution in [0.3, 0.4) is 0 Å². The molecular formula is C21H25NO4. The summed E-state index contributed by atoms with van der Waals surface area (Å²) in [7, 11) is 1.53. The molecule has 2 aromatic rings. The van der Waals surface area contributed by atoms with Crippen LogP contribution in [0, 0.1) is 0 Å². The van der Waals surface area contributed by atoms with E-state index in [2.05, 4.69) is 12.2 Å². The molecule has 0 saturated carbocycles. The first-order chi connectivity index (χ1) is 12.5. The Labute approximate surface area is 154 Å². The Hall–Kier alpha value is -2.82. The molecule has 0 aliphatic rings. The maximum Gasteiger partial charge on any atom is 0.339 e. The fourth-order valence-electron chi connectivity index (χ4n) is 2.62. The van der Waals surface area contributed by atoms with E-state index >= 15 is 0 Å². The number of methoxy groups -OCH3 is 1. The molecule has 0 heterocycles. The minimum atomic E-state index is -0.873. The molecule has 5 nitrogen and oxygen atoms in total. The van der Waals surface area contributed by atoms with E-state index in [0.29, 0.717) is 17.9 Å². The summed E-state index contributed by atoms with van der Waals surface area (Å²) in [5.41, 5.74) is 1.52. The van der Waals surface area contributed by atoms with Gasteiger partial charge in [-0.2, -0.15) is 0 Å². The second-order valence-corrected chi connectivity index (χ2v) is 6.04. The fraction of sp³-hybridized carbons (Fsp3) is 0.333. The molecule has 0 spiro atoms. The molecular weight excluding hydrogens is 330 g/mol. The van der Waals surface area contributed by atoms with Crippen molar-refractivity contribution in [3.63, 3.8) is 0 Å². The Morgan fingerprint density at radius 2 is 1.81 bits per heavy atom. The molecule has 0 fully saturated rings. The van der Waals surface area contributed by atoms with Gasteiger partial charge in [0.15, 0.2) is 6.10 Å². The van der Waals surface area contributed by atoms with Crippen LogP contribution in [0.4, 0.5) is 0 Å². The lowest BCUT2D eigenvalue weighted by molar-refractivity contribution is -0.129. The highest BCUT2D eigenvalue weighted by molar-refractivity contribution is 5.92. The van der Waals surface area contributed by atoms with Gasteiger partial charge in [-0.05, 0) is 37.1 Å². The molecule has 0 saturated heterocycles. The molecule has 26 heavy (non-hydrogen) atoms. The molecule has 2 aromatic carbocycles. The van der Waals surface area contributed by atoms with Crippen molar-refractivity contribution in [2.75, 3.05) is 13.7 Å². The van der Waals surface area contributed by atoms with Crippen LogP contribution < -0.4 is 10.1 Å². The van der Waals surface area contributed by atoms with E-state index in [4.69, 9.17) is 9.47 Å². The van der Waals surface area contributed by atoms with Crippen molar-refractivity contribution < 1.29 is 19.1 Å². The highest BCUT2D eigenvalue weighted by atomic mass is 16.5. The summed E-state index contributed by atoms with van der Waals surface area (Å²) in [5, 5.41) is 2.87. The minimum Gasteiger partial charge on any atom is -0.497 e. The number of benzene rings is 2. The van der Waals surface area contributed by atoms with E-state index in [9.17, 15) is 9.59 Å². The second-order valence-electron chi connectivity index (χ2n) is 6.04. The number of hydrogen-bond donors (Lipinski definition) is 1. The number of carbonyl (C=O) groups excluding carboxylic acids is 2. The Bertz CT molecular complexity index is 730. The van der Waals surface area contributed by atoms with Gasteiger partial charge in [-0.1, -0.05) is 43.3 Å². The average molecular weight is 355 g/mol. The van der Waals surface area contributed by atoms with Crippen molar-refractivity contribution in [3.05, 3.63) is 65.7 Å². The number of ether oxygens (including phenoxy) is 2. The largest absolute Gasteiger partial charge is 0.497 e. The maximum atomic E-state index is 12.3. The second kappa shape index (κ2) is 9.61. The zero-order valence-electron chi connectivity index (χ0n) is 15.4. The van der Waals surface area contributed by atoms with Crippen LogP contribution in [0.5, 0.6) is 5.75 Å². The highest BCUT2D eigenvalue weighted by Crippen LogP contribution is 2.18. The van der Waals surface area contributed by atoms with Gasteiger partial charge in [0.25, 0.3) is 5.91 Å². The van der Waals surface area contributed by atoms with Crippen LogP contribution in [0.25, 0.3) is 0 Å². The Morgan fingerprint density at radius 1 is 1.08 bits per heavy atom. The van der Waals surface area contributed by atoms with E-state index in [1.807, 2.05) is 30.3 Å². The predicted octanol–water partition coefficient (Wildman–Crippen LogP) is 3.55. The third-order valence-corrected chi connectivity index (χ3v) is 4.24. The average Bonchev–Trinajstić information content (AvgIpc) is 2.69. The zero-order chi connectivity index (χ0) is 18.9. The number of rotatable bonds is 8. The third kappa shape index (κ3) is 5.34. The zero-order valence-corrected chi connectivity index (χ0v) is 15.4. The standard InChI is InChI=1S/C21H25NO4/c1-4-16(17-9-6-5-7-10-17)14-22-20(23)15(2)26-21(24)18-11-8-12-19(13-18)25-3/h5-13,15-16H,4,14H2,1-3H3,(H,22,23)/t15-,16+/m1/s1. The van der Waals surface area contributed by atoms with Gasteiger partial charge in [0.1, 0.15) is 5.75 Å². The van der Waals surface area contributed by atoms with Gasteiger partial charge >= 0.3 is 5.97 Å². The van der Waals surface area contributed by atoms with E-state index in [-0.39, 0.29) is 11.8 Å².